The molecule has 1 aliphatic heterocycles. The zero-order valence-electron chi connectivity index (χ0n) is 18.4. The summed E-state index contributed by atoms with van der Waals surface area (Å²) in [5.41, 5.74) is -3.76. The van der Waals surface area contributed by atoms with Gasteiger partial charge >= 0.3 is 32.8 Å². The van der Waals surface area contributed by atoms with Crippen LogP contribution in [0.1, 0.15) is 29.2 Å². The molecule has 1 saturated carbocycles. The van der Waals surface area contributed by atoms with Gasteiger partial charge in [-0.1, -0.05) is 0 Å². The number of carbonyl (C=O) groups excluding carboxylic acids is 1. The topological polar surface area (TPSA) is 207 Å². The summed E-state index contributed by atoms with van der Waals surface area (Å²) in [6, 6.07) is 2.39. The van der Waals surface area contributed by atoms with E-state index in [1.807, 2.05) is 0 Å². The fourth-order valence-electron chi connectivity index (χ4n) is 4.04. The first-order valence-corrected chi connectivity index (χ1v) is 14.0. The lowest BCUT2D eigenvalue weighted by Crippen LogP contribution is -2.49. The van der Waals surface area contributed by atoms with Crippen molar-refractivity contribution in [3.63, 3.8) is 0 Å². The Hall–Kier alpha value is -2.80. The van der Waals surface area contributed by atoms with Gasteiger partial charge in [0.1, 0.15) is 11.4 Å². The van der Waals surface area contributed by atoms with Crippen molar-refractivity contribution in [2.24, 2.45) is 0 Å². The van der Waals surface area contributed by atoms with Gasteiger partial charge in [0.15, 0.2) is 0 Å². The maximum Gasteiger partial charge on any atom is 0.411 e. The number of ether oxygens (including phenoxy) is 1. The Balaban J connectivity index is 1.56. The third-order valence-electron chi connectivity index (χ3n) is 5.93. The van der Waals surface area contributed by atoms with Gasteiger partial charge in [0.25, 0.3) is 0 Å². The molecule has 5 N–H and O–H groups in total. The number of benzene rings is 1. The summed E-state index contributed by atoms with van der Waals surface area (Å²) >= 11 is 0. The number of hydrogen-bond donors (Lipinski definition) is 5. The molecule has 0 bridgehead atoms. The molecule has 1 aromatic carbocycles. The highest BCUT2D eigenvalue weighted by Crippen LogP contribution is 2.60. The normalized spacial score (nSPS) is 17.1. The number of anilines is 1. The maximum absolute atomic E-state index is 15.0. The lowest BCUT2D eigenvalue weighted by molar-refractivity contribution is 0.0694. The van der Waals surface area contributed by atoms with Crippen LogP contribution < -0.4 is 10.3 Å². The highest BCUT2D eigenvalue weighted by Gasteiger charge is 2.48. The van der Waals surface area contributed by atoms with E-state index in [0.717, 1.165) is 23.8 Å². The molecule has 14 nitrogen and oxygen atoms in total. The van der Waals surface area contributed by atoms with Crippen LogP contribution in [0, 0.1) is 5.82 Å². The van der Waals surface area contributed by atoms with E-state index in [-0.39, 0.29) is 43.3 Å². The number of carbonyl (C=O) groups is 2. The molecule has 196 valence electrons. The van der Waals surface area contributed by atoms with Crippen LogP contribution in [0.2, 0.25) is 0 Å². The first-order valence-electron chi connectivity index (χ1n) is 10.6. The van der Waals surface area contributed by atoms with Gasteiger partial charge in [-0.3, -0.25) is 13.9 Å². The molecule has 2 aromatic rings. The number of halogens is 1. The Kier molecular flexibility index (Phi) is 6.75. The van der Waals surface area contributed by atoms with E-state index in [0.29, 0.717) is 5.52 Å². The molecule has 0 unspecified atom stereocenters. The van der Waals surface area contributed by atoms with Crippen molar-refractivity contribution in [3.8, 4) is 0 Å². The Morgan fingerprint density at radius 1 is 1.03 bits per heavy atom. The smallest absolute Gasteiger partial charge is 0.411 e. The Bertz CT molecular complexity index is 1370. The summed E-state index contributed by atoms with van der Waals surface area (Å²) in [5.74, 6) is -2.20. The first-order chi connectivity index (χ1) is 16.7. The van der Waals surface area contributed by atoms with E-state index in [2.05, 4.69) is 4.74 Å². The molecule has 2 fully saturated rings. The van der Waals surface area contributed by atoms with E-state index >= 15 is 4.39 Å². The molecule has 1 aromatic heterocycles. The van der Waals surface area contributed by atoms with Gasteiger partial charge in [0.05, 0.1) is 11.2 Å². The van der Waals surface area contributed by atoms with Crippen molar-refractivity contribution in [1.82, 2.24) is 9.47 Å². The molecule has 1 aliphatic carbocycles. The van der Waals surface area contributed by atoms with E-state index in [9.17, 15) is 28.6 Å². The third kappa shape index (κ3) is 5.17. The van der Waals surface area contributed by atoms with Crippen molar-refractivity contribution in [1.29, 1.82) is 0 Å². The third-order valence-corrected chi connectivity index (χ3v) is 9.10. The number of hydrogen-bond acceptors (Lipinski definition) is 7. The summed E-state index contributed by atoms with van der Waals surface area (Å²) in [6.07, 6.45) is 1.44. The summed E-state index contributed by atoms with van der Waals surface area (Å²) in [6.45, 7) is -0.207. The molecule has 0 atom stereocenters. The van der Waals surface area contributed by atoms with E-state index in [1.54, 1.807) is 9.47 Å². The number of piperazine rings is 1. The minimum absolute atomic E-state index is 0.0212. The number of carboxylic acid groups (broad SMARTS) is 1. The van der Waals surface area contributed by atoms with Gasteiger partial charge in [-0.15, -0.1) is 0 Å². The van der Waals surface area contributed by atoms with Gasteiger partial charge in [0.2, 0.25) is 5.43 Å². The molecule has 36 heavy (non-hydrogen) atoms. The molecule has 2 heterocycles. The number of carboxylic acids is 1. The molecular formula is C19H22FN3O11P2. The Labute approximate surface area is 201 Å². The second kappa shape index (κ2) is 9.25. The van der Waals surface area contributed by atoms with Crippen molar-refractivity contribution >= 4 is 43.8 Å². The summed E-state index contributed by atoms with van der Waals surface area (Å²) < 4.78 is 43.8. The van der Waals surface area contributed by atoms with Crippen molar-refractivity contribution in [2.45, 2.75) is 24.5 Å². The van der Waals surface area contributed by atoms with Crippen LogP contribution in [0.3, 0.4) is 0 Å². The second-order valence-electron chi connectivity index (χ2n) is 8.50. The van der Waals surface area contributed by atoms with Gasteiger partial charge in [0, 0.05) is 43.8 Å². The predicted octanol–water partition coefficient (Wildman–Crippen LogP) is 1.07. The van der Waals surface area contributed by atoms with E-state index in [4.69, 9.17) is 19.6 Å². The van der Waals surface area contributed by atoms with Crippen LogP contribution in [-0.4, -0.2) is 78.0 Å². The van der Waals surface area contributed by atoms with Gasteiger partial charge in [-0.05, 0) is 25.0 Å². The van der Waals surface area contributed by atoms with Crippen molar-refractivity contribution in [2.75, 3.05) is 31.1 Å². The lowest BCUT2D eigenvalue weighted by Gasteiger charge is -2.36. The largest absolute Gasteiger partial charge is 0.477 e. The summed E-state index contributed by atoms with van der Waals surface area (Å²) in [4.78, 5) is 75.3. The minimum atomic E-state index is -5.47. The van der Waals surface area contributed by atoms with Crippen LogP contribution in [0.25, 0.3) is 10.9 Å². The second-order valence-corrected chi connectivity index (χ2v) is 12.2. The van der Waals surface area contributed by atoms with E-state index in [1.165, 1.54) is 12.3 Å². The van der Waals surface area contributed by atoms with Gasteiger partial charge in [-0.25, -0.2) is 14.0 Å². The van der Waals surface area contributed by atoms with Crippen molar-refractivity contribution in [3.05, 3.63) is 39.9 Å². The maximum atomic E-state index is 15.0. The number of amides is 1. The van der Waals surface area contributed by atoms with Crippen LogP contribution in [-0.2, 0) is 13.9 Å². The van der Waals surface area contributed by atoms with E-state index < -0.39 is 49.6 Å². The number of aromatic carboxylic acids is 1. The van der Waals surface area contributed by atoms with Gasteiger partial charge < -0.3 is 43.8 Å². The van der Waals surface area contributed by atoms with Crippen LogP contribution in [0.15, 0.2) is 23.1 Å². The molecule has 4 rings (SSSR count). The Morgan fingerprint density at radius 3 is 2.11 bits per heavy atom. The highest BCUT2D eigenvalue weighted by atomic mass is 31.2. The zero-order chi connectivity index (χ0) is 26.6. The number of fused-ring (bicyclic) bond motifs is 1. The standard InChI is InChI=1S/C19H22FN3O11P2/c20-13-7-11-14(23(10-1-2-10)9-12(16(11)24)17(25)26)8-15(13)21-3-5-22(6-4-21)18(27)34-19(35(28,29)30)36(31,32)33/h7-10,19H,1-6H2,(H,25,26)(H2,28,29,30)(H2,31,32,33). The van der Waals surface area contributed by atoms with Gasteiger partial charge in [-0.2, -0.15) is 0 Å². The molecular weight excluding hydrogens is 527 g/mol. The molecule has 0 spiro atoms. The highest BCUT2D eigenvalue weighted by molar-refractivity contribution is 7.70. The molecule has 2 aliphatic rings. The molecule has 1 amide bonds. The zero-order valence-corrected chi connectivity index (χ0v) is 20.2. The minimum Gasteiger partial charge on any atom is -0.477 e. The lowest BCUT2D eigenvalue weighted by atomic mass is 10.1. The molecule has 17 heteroatoms. The number of rotatable bonds is 6. The summed E-state index contributed by atoms with van der Waals surface area (Å²) in [7, 11) is -10.9. The van der Waals surface area contributed by atoms with Crippen LogP contribution >= 0.6 is 15.2 Å². The monoisotopic (exact) mass is 549 g/mol. The molecule has 1 saturated heterocycles. The summed E-state index contributed by atoms with van der Waals surface area (Å²) in [5, 5.41) is 9.27. The van der Waals surface area contributed by atoms with Crippen LogP contribution in [0.5, 0.6) is 0 Å². The average molecular weight is 549 g/mol. The van der Waals surface area contributed by atoms with Crippen LogP contribution in [0.4, 0.5) is 14.9 Å². The average Bonchev–Trinajstić information content (AvgIpc) is 3.61. The molecule has 0 radical (unpaired) electrons. The first kappa shape index (κ1) is 26.3. The fraction of sp³-hybridized carbons (Fsp3) is 0.421. The van der Waals surface area contributed by atoms with Crippen molar-refractivity contribution < 1.29 is 52.5 Å². The quantitative estimate of drug-likeness (QED) is 0.321. The fourth-order valence-corrected chi connectivity index (χ4v) is 6.06. The predicted molar refractivity (Wildman–Crippen MR) is 122 cm³/mol. The number of aromatic nitrogens is 1. The number of pyridine rings is 1. The Morgan fingerprint density at radius 2 is 1.61 bits per heavy atom. The number of nitrogens with zero attached hydrogens (tertiary/aromatic N) is 3. The SMILES string of the molecule is O=C(O)c1cn(C2CC2)c2cc(N3CCN(C(=O)OC(P(=O)(O)O)P(=O)(O)O)CC3)c(F)cc2c1=O.